The largest absolute Gasteiger partial charge is 0.361 e. The molecule has 2 aliphatic rings. The second kappa shape index (κ2) is 9.90. The molecule has 0 saturated carbocycles. The first kappa shape index (κ1) is 23.1. The molecule has 0 saturated heterocycles. The van der Waals surface area contributed by atoms with Crippen LogP contribution in [0.2, 0.25) is 5.15 Å². The fourth-order valence-electron chi connectivity index (χ4n) is 4.87. The molecule has 7 nitrogen and oxygen atoms in total. The first-order valence-electron chi connectivity index (χ1n) is 11.7. The Balaban J connectivity index is 1.31. The summed E-state index contributed by atoms with van der Waals surface area (Å²) >= 11 is 8.01. The minimum Gasteiger partial charge on any atom is -0.361 e. The number of rotatable bonds is 7. The molecule has 34 heavy (non-hydrogen) atoms. The van der Waals surface area contributed by atoms with Crippen LogP contribution in [0.25, 0.3) is 0 Å². The Bertz CT molecular complexity index is 1280. The number of anilines is 1. The molecule has 9 heteroatoms. The maximum Gasteiger partial charge on any atom is 0.294 e. The van der Waals surface area contributed by atoms with E-state index in [0.29, 0.717) is 38.2 Å². The Labute approximate surface area is 207 Å². The zero-order chi connectivity index (χ0) is 23.7. The number of hydrogen-bond acceptors (Lipinski definition) is 6. The van der Waals surface area contributed by atoms with Gasteiger partial charge in [0.05, 0.1) is 12.2 Å². The zero-order valence-corrected chi connectivity index (χ0v) is 20.5. The molecule has 0 radical (unpaired) electrons. The average Bonchev–Trinajstić information content (AvgIpc) is 3.51. The van der Waals surface area contributed by atoms with Gasteiger partial charge in [-0.15, -0.1) is 11.3 Å². The van der Waals surface area contributed by atoms with Crippen molar-refractivity contribution < 1.29 is 4.79 Å². The number of hydrogen-bond donors (Lipinski definition) is 3. The van der Waals surface area contributed by atoms with Crippen molar-refractivity contribution in [3.8, 4) is 0 Å². The fourth-order valence-corrected chi connectivity index (χ4v) is 5.97. The van der Waals surface area contributed by atoms with E-state index >= 15 is 0 Å². The zero-order valence-electron chi connectivity index (χ0n) is 18.9. The Morgan fingerprint density at radius 2 is 1.91 bits per heavy atom. The summed E-state index contributed by atoms with van der Waals surface area (Å²) in [4.78, 5) is 32.7. The number of nitrogens with zero attached hydrogens (tertiary/aromatic N) is 2. The molecule has 1 atom stereocenters. The number of nitrogens with two attached hydrogens (primary N) is 1. The van der Waals surface area contributed by atoms with Gasteiger partial charge in [-0.3, -0.25) is 14.2 Å². The summed E-state index contributed by atoms with van der Waals surface area (Å²) in [5, 5.41) is 6.39. The molecular weight excluding hydrogens is 470 g/mol. The summed E-state index contributed by atoms with van der Waals surface area (Å²) in [6, 6.07) is 9.83. The quantitative estimate of drug-likeness (QED) is 0.462. The Kier molecular flexibility index (Phi) is 6.72. The molecule has 1 aliphatic carbocycles. The minimum atomic E-state index is -0.596. The van der Waals surface area contributed by atoms with Crippen LogP contribution in [-0.2, 0) is 43.7 Å². The number of amides is 1. The van der Waals surface area contributed by atoms with Crippen LogP contribution in [0.3, 0.4) is 0 Å². The van der Waals surface area contributed by atoms with E-state index in [0.717, 1.165) is 28.2 Å². The Hall–Kier alpha value is -2.68. The fraction of sp³-hybridized carbons (Fsp3) is 0.400. The highest BCUT2D eigenvalue weighted by Crippen LogP contribution is 2.29. The van der Waals surface area contributed by atoms with Gasteiger partial charge in [-0.2, -0.15) is 0 Å². The van der Waals surface area contributed by atoms with Crippen LogP contribution in [-0.4, -0.2) is 15.5 Å². The van der Waals surface area contributed by atoms with E-state index in [2.05, 4.69) is 33.8 Å². The number of nitrogens with one attached hydrogen (secondary N) is 2. The van der Waals surface area contributed by atoms with Crippen LogP contribution in [0.15, 0.2) is 35.1 Å². The number of fused-ring (bicyclic) bond motifs is 2. The molecule has 1 aromatic carbocycles. The van der Waals surface area contributed by atoms with Gasteiger partial charge in [0.25, 0.3) is 5.56 Å². The monoisotopic (exact) mass is 497 g/mol. The van der Waals surface area contributed by atoms with Crippen LogP contribution in [0, 0.1) is 0 Å². The van der Waals surface area contributed by atoms with Crippen LogP contribution >= 0.6 is 22.9 Å². The van der Waals surface area contributed by atoms with Crippen molar-refractivity contribution >= 4 is 34.7 Å². The molecule has 0 unspecified atom stereocenters. The van der Waals surface area contributed by atoms with Gasteiger partial charge in [-0.05, 0) is 67.3 Å². The molecule has 3 heterocycles. The second-order valence-electron chi connectivity index (χ2n) is 8.88. The van der Waals surface area contributed by atoms with Crippen LogP contribution in [0.4, 0.5) is 5.82 Å². The van der Waals surface area contributed by atoms with E-state index in [1.807, 2.05) is 12.1 Å². The lowest BCUT2D eigenvalue weighted by molar-refractivity contribution is -0.124. The van der Waals surface area contributed by atoms with Gasteiger partial charge >= 0.3 is 0 Å². The Morgan fingerprint density at radius 1 is 1.12 bits per heavy atom. The van der Waals surface area contributed by atoms with E-state index < -0.39 is 6.04 Å². The number of benzene rings is 1. The first-order valence-corrected chi connectivity index (χ1v) is 12.9. The van der Waals surface area contributed by atoms with Gasteiger partial charge in [0, 0.05) is 22.8 Å². The van der Waals surface area contributed by atoms with Gasteiger partial charge in [-0.1, -0.05) is 29.8 Å². The highest BCUT2D eigenvalue weighted by Gasteiger charge is 2.32. The van der Waals surface area contributed by atoms with Crippen molar-refractivity contribution in [3.63, 3.8) is 0 Å². The summed E-state index contributed by atoms with van der Waals surface area (Å²) in [6.07, 6.45) is 5.77. The van der Waals surface area contributed by atoms with Crippen molar-refractivity contribution in [2.24, 2.45) is 5.73 Å². The lowest BCUT2D eigenvalue weighted by atomic mass is 9.90. The highest BCUT2D eigenvalue weighted by atomic mass is 35.5. The van der Waals surface area contributed by atoms with Crippen molar-refractivity contribution in [1.29, 1.82) is 0 Å². The second-order valence-corrected chi connectivity index (χ2v) is 10.5. The van der Waals surface area contributed by atoms with Gasteiger partial charge < -0.3 is 16.4 Å². The number of aryl methyl sites for hydroxylation is 2. The maximum atomic E-state index is 13.3. The molecule has 1 aliphatic heterocycles. The lowest BCUT2D eigenvalue weighted by Crippen LogP contribution is -2.36. The number of aromatic nitrogens is 2. The summed E-state index contributed by atoms with van der Waals surface area (Å²) in [5.41, 5.74) is 9.89. The van der Waals surface area contributed by atoms with Crippen LogP contribution in [0.5, 0.6) is 0 Å². The normalized spacial score (nSPS) is 16.7. The third kappa shape index (κ3) is 4.62. The molecule has 2 aromatic heterocycles. The molecule has 1 amide bonds. The maximum absolute atomic E-state index is 13.3. The molecule has 178 valence electrons. The highest BCUT2D eigenvalue weighted by molar-refractivity contribution is 7.11. The SMILES string of the molecule is NCc1ccc(CNC(=O)[C@@H]2CCc3c(Cl)nc(NCc4ccc5c(c4)CCCC5)c(=O)n32)s1. The number of carbonyl (C=O) groups excluding carboxylic acids is 1. The van der Waals surface area contributed by atoms with Gasteiger partial charge in [0.1, 0.15) is 6.04 Å². The summed E-state index contributed by atoms with van der Waals surface area (Å²) in [7, 11) is 0. The van der Waals surface area contributed by atoms with E-state index in [4.69, 9.17) is 17.3 Å². The molecule has 0 bridgehead atoms. The first-order chi connectivity index (χ1) is 16.5. The minimum absolute atomic E-state index is 0.178. The van der Waals surface area contributed by atoms with Crippen molar-refractivity contribution in [3.05, 3.63) is 78.0 Å². The van der Waals surface area contributed by atoms with Crippen LogP contribution < -0.4 is 21.9 Å². The van der Waals surface area contributed by atoms with E-state index in [1.165, 1.54) is 28.5 Å². The lowest BCUT2D eigenvalue weighted by Gasteiger charge is -2.18. The Morgan fingerprint density at radius 3 is 2.71 bits per heavy atom. The molecule has 5 rings (SSSR count). The smallest absolute Gasteiger partial charge is 0.294 e. The van der Waals surface area contributed by atoms with Crippen molar-refractivity contribution in [1.82, 2.24) is 14.9 Å². The van der Waals surface area contributed by atoms with Gasteiger partial charge in [0.2, 0.25) is 5.91 Å². The molecule has 0 spiro atoms. The number of thiophene rings is 1. The standard InChI is InChI=1S/C25H28ClN5O2S/c26-22-20-9-10-21(24(32)29-14-19-8-7-18(12-27)34-19)31(20)25(33)23(30-22)28-13-15-5-6-16-3-1-2-4-17(16)11-15/h5-8,11,21H,1-4,9-10,12-14,27H2,(H,28,30)(H,29,32)/t21-/m0/s1. The van der Waals surface area contributed by atoms with Crippen molar-refractivity contribution in [2.75, 3.05) is 5.32 Å². The van der Waals surface area contributed by atoms with Crippen LogP contribution in [0.1, 0.15) is 57.4 Å². The van der Waals surface area contributed by atoms with E-state index in [9.17, 15) is 9.59 Å². The topological polar surface area (TPSA) is 102 Å². The summed E-state index contributed by atoms with van der Waals surface area (Å²) in [6.45, 7) is 1.37. The third-order valence-corrected chi connectivity index (χ3v) is 8.07. The van der Waals surface area contributed by atoms with E-state index in [-0.39, 0.29) is 22.4 Å². The number of halogens is 1. The summed E-state index contributed by atoms with van der Waals surface area (Å²) < 4.78 is 1.51. The molecule has 4 N–H and O–H groups in total. The predicted octanol–water partition coefficient (Wildman–Crippen LogP) is 3.71. The number of carbonyl (C=O) groups is 1. The molecule has 3 aromatic rings. The third-order valence-electron chi connectivity index (χ3n) is 6.66. The predicted molar refractivity (Wildman–Crippen MR) is 135 cm³/mol. The molecule has 0 fully saturated rings. The van der Waals surface area contributed by atoms with Gasteiger partial charge in [-0.25, -0.2) is 4.98 Å². The van der Waals surface area contributed by atoms with E-state index in [1.54, 1.807) is 11.3 Å². The van der Waals surface area contributed by atoms with Crippen molar-refractivity contribution in [2.45, 2.75) is 64.2 Å². The molecular formula is C25H28ClN5O2S. The summed E-state index contributed by atoms with van der Waals surface area (Å²) in [5.74, 6) is -0.0107. The average molecular weight is 498 g/mol. The van der Waals surface area contributed by atoms with Gasteiger partial charge in [0.15, 0.2) is 11.0 Å².